The lowest BCUT2D eigenvalue weighted by molar-refractivity contribution is -0.127. The third-order valence-corrected chi connectivity index (χ3v) is 3.74. The van der Waals surface area contributed by atoms with Crippen LogP contribution < -0.4 is 10.6 Å². The molecule has 1 unspecified atom stereocenters. The van der Waals surface area contributed by atoms with Crippen molar-refractivity contribution >= 4 is 18.3 Å². The number of hydrogen-bond donors (Lipinski definition) is 2. The summed E-state index contributed by atoms with van der Waals surface area (Å²) in [4.78, 5) is 12.1. The number of nitrogens with one attached hydrogen (secondary N) is 2. The highest BCUT2D eigenvalue weighted by atomic mass is 35.5. The van der Waals surface area contributed by atoms with E-state index in [-0.39, 0.29) is 18.3 Å². The molecular weight excluding hydrogens is 298 g/mol. The van der Waals surface area contributed by atoms with Crippen LogP contribution in [-0.2, 0) is 11.2 Å². The van der Waals surface area contributed by atoms with E-state index in [4.69, 9.17) is 0 Å². The molecule has 21 heavy (non-hydrogen) atoms. The second-order valence-electron chi connectivity index (χ2n) is 5.50. The minimum Gasteiger partial charge on any atom is -0.354 e. The van der Waals surface area contributed by atoms with Crippen LogP contribution in [-0.4, -0.2) is 24.5 Å². The van der Waals surface area contributed by atoms with Crippen LogP contribution in [0.4, 0.5) is 8.78 Å². The van der Waals surface area contributed by atoms with Gasteiger partial charge in [0.05, 0.1) is 5.54 Å². The maximum atomic E-state index is 13.0. The van der Waals surface area contributed by atoms with Crippen LogP contribution in [0.2, 0.25) is 0 Å². The number of hydrogen-bond acceptors (Lipinski definition) is 2. The third-order valence-electron chi connectivity index (χ3n) is 3.74. The van der Waals surface area contributed by atoms with Gasteiger partial charge in [0.1, 0.15) is 11.6 Å². The van der Waals surface area contributed by atoms with Gasteiger partial charge >= 0.3 is 0 Å². The van der Waals surface area contributed by atoms with Gasteiger partial charge in [-0.25, -0.2) is 8.78 Å². The molecular formula is C15H21ClF2N2O. The van der Waals surface area contributed by atoms with E-state index in [1.54, 1.807) is 0 Å². The fraction of sp³-hybridized carbons (Fsp3) is 0.533. The van der Waals surface area contributed by atoms with Crippen molar-refractivity contribution in [1.82, 2.24) is 10.6 Å². The van der Waals surface area contributed by atoms with Crippen molar-refractivity contribution in [3.63, 3.8) is 0 Å². The first-order chi connectivity index (χ1) is 9.49. The Hall–Kier alpha value is -1.20. The summed E-state index contributed by atoms with van der Waals surface area (Å²) in [6.45, 7) is 3.11. The number of halogens is 3. The molecule has 0 aliphatic carbocycles. The summed E-state index contributed by atoms with van der Waals surface area (Å²) in [7, 11) is 0. The van der Waals surface area contributed by atoms with Gasteiger partial charge in [-0.15, -0.1) is 12.4 Å². The van der Waals surface area contributed by atoms with E-state index in [1.165, 1.54) is 12.1 Å². The average Bonchev–Trinajstić information content (AvgIpc) is 2.38. The van der Waals surface area contributed by atoms with Gasteiger partial charge in [0.15, 0.2) is 0 Å². The van der Waals surface area contributed by atoms with Crippen LogP contribution >= 0.6 is 12.4 Å². The molecule has 0 saturated carbocycles. The van der Waals surface area contributed by atoms with Crippen molar-refractivity contribution in [3.05, 3.63) is 35.4 Å². The van der Waals surface area contributed by atoms with E-state index >= 15 is 0 Å². The molecule has 0 radical (unpaired) electrons. The minimum absolute atomic E-state index is 0. The fourth-order valence-corrected chi connectivity index (χ4v) is 2.52. The van der Waals surface area contributed by atoms with Gasteiger partial charge in [-0.3, -0.25) is 4.79 Å². The molecule has 1 heterocycles. The summed E-state index contributed by atoms with van der Waals surface area (Å²) in [5.41, 5.74) is 0.0235. The van der Waals surface area contributed by atoms with Crippen molar-refractivity contribution in [1.29, 1.82) is 0 Å². The lowest BCUT2D eigenvalue weighted by Crippen LogP contribution is -2.57. The van der Waals surface area contributed by atoms with Crippen molar-refractivity contribution in [2.45, 2.75) is 38.1 Å². The Morgan fingerprint density at radius 2 is 1.95 bits per heavy atom. The molecule has 1 saturated heterocycles. The summed E-state index contributed by atoms with van der Waals surface area (Å²) in [6.07, 6.45) is 3.35. The maximum absolute atomic E-state index is 13.0. The highest BCUT2D eigenvalue weighted by Gasteiger charge is 2.33. The van der Waals surface area contributed by atoms with Crippen LogP contribution in [0, 0.1) is 11.6 Å². The molecule has 0 aromatic heterocycles. The normalized spacial score (nSPS) is 21.5. The zero-order chi connectivity index (χ0) is 14.6. The molecule has 1 aliphatic heterocycles. The van der Waals surface area contributed by atoms with Crippen molar-refractivity contribution in [3.8, 4) is 0 Å². The number of carbonyl (C=O) groups excluding carboxylic acids is 1. The molecule has 1 aromatic rings. The van der Waals surface area contributed by atoms with Crippen LogP contribution in [0.5, 0.6) is 0 Å². The Labute approximate surface area is 129 Å². The molecule has 118 valence electrons. The number of rotatable bonds is 4. The van der Waals surface area contributed by atoms with E-state index < -0.39 is 17.2 Å². The average molecular weight is 319 g/mol. The Balaban J connectivity index is 0.00000220. The van der Waals surface area contributed by atoms with Crippen LogP contribution in [0.25, 0.3) is 0 Å². The first-order valence-corrected chi connectivity index (χ1v) is 6.98. The summed E-state index contributed by atoms with van der Waals surface area (Å²) in [5.74, 6) is -1.23. The Morgan fingerprint density at radius 1 is 1.29 bits per heavy atom. The van der Waals surface area contributed by atoms with E-state index in [2.05, 4.69) is 10.6 Å². The lowest BCUT2D eigenvalue weighted by atomic mass is 9.90. The predicted molar refractivity (Wildman–Crippen MR) is 80.6 cm³/mol. The van der Waals surface area contributed by atoms with Crippen molar-refractivity contribution < 1.29 is 13.6 Å². The SMILES string of the molecule is CC1(C(=O)NCCc2cc(F)cc(F)c2)CCCCN1.Cl. The second-order valence-corrected chi connectivity index (χ2v) is 5.50. The molecule has 1 aromatic carbocycles. The summed E-state index contributed by atoms with van der Waals surface area (Å²) >= 11 is 0. The highest BCUT2D eigenvalue weighted by Crippen LogP contribution is 2.18. The predicted octanol–water partition coefficient (Wildman–Crippen LogP) is 2.58. The zero-order valence-corrected chi connectivity index (χ0v) is 12.9. The van der Waals surface area contributed by atoms with Crippen LogP contribution in [0.1, 0.15) is 31.7 Å². The molecule has 2 rings (SSSR count). The smallest absolute Gasteiger partial charge is 0.240 e. The lowest BCUT2D eigenvalue weighted by Gasteiger charge is -2.33. The van der Waals surface area contributed by atoms with Gasteiger partial charge < -0.3 is 10.6 Å². The van der Waals surface area contributed by atoms with Gasteiger partial charge in [-0.1, -0.05) is 0 Å². The number of piperidine rings is 1. The molecule has 1 aliphatic rings. The van der Waals surface area contributed by atoms with Crippen LogP contribution in [0.15, 0.2) is 18.2 Å². The van der Waals surface area contributed by atoms with Crippen LogP contribution in [0.3, 0.4) is 0 Å². The zero-order valence-electron chi connectivity index (χ0n) is 12.0. The Bertz CT molecular complexity index is 470. The third kappa shape index (κ3) is 4.93. The first kappa shape index (κ1) is 17.9. The molecule has 1 atom stereocenters. The fourth-order valence-electron chi connectivity index (χ4n) is 2.52. The molecule has 0 bridgehead atoms. The monoisotopic (exact) mass is 318 g/mol. The number of amides is 1. The Morgan fingerprint density at radius 3 is 2.52 bits per heavy atom. The van der Waals surface area contributed by atoms with Crippen molar-refractivity contribution in [2.24, 2.45) is 0 Å². The summed E-state index contributed by atoms with van der Waals surface area (Å²) < 4.78 is 26.1. The van der Waals surface area contributed by atoms with Gasteiger partial charge in [0.2, 0.25) is 5.91 Å². The standard InChI is InChI=1S/C15H20F2N2O.ClH/c1-15(5-2-3-6-19-15)14(20)18-7-4-11-8-12(16)10-13(17)9-11;/h8-10,19H,2-7H2,1H3,(H,18,20);1H. The van der Waals surface area contributed by atoms with E-state index in [9.17, 15) is 13.6 Å². The van der Waals surface area contributed by atoms with E-state index in [0.29, 0.717) is 18.5 Å². The number of carbonyl (C=O) groups is 1. The summed E-state index contributed by atoms with van der Waals surface area (Å²) in [5, 5.41) is 6.06. The molecule has 0 spiro atoms. The van der Waals surface area contributed by atoms with E-state index in [0.717, 1.165) is 31.9 Å². The van der Waals surface area contributed by atoms with E-state index in [1.807, 2.05) is 6.92 Å². The molecule has 3 nitrogen and oxygen atoms in total. The molecule has 1 fully saturated rings. The largest absolute Gasteiger partial charge is 0.354 e. The Kier molecular flexibility index (Phi) is 6.55. The quantitative estimate of drug-likeness (QED) is 0.896. The molecule has 2 N–H and O–H groups in total. The van der Waals surface area contributed by atoms with Gasteiger partial charge in [-0.2, -0.15) is 0 Å². The van der Waals surface area contributed by atoms with Crippen molar-refractivity contribution in [2.75, 3.05) is 13.1 Å². The maximum Gasteiger partial charge on any atom is 0.240 e. The first-order valence-electron chi connectivity index (χ1n) is 6.98. The topological polar surface area (TPSA) is 41.1 Å². The van der Waals surface area contributed by atoms with Gasteiger partial charge in [0.25, 0.3) is 0 Å². The summed E-state index contributed by atoms with van der Waals surface area (Å²) in [6, 6.07) is 3.42. The number of benzene rings is 1. The molecule has 1 amide bonds. The van der Waals surface area contributed by atoms with Gasteiger partial charge in [-0.05, 0) is 56.8 Å². The second kappa shape index (κ2) is 7.71. The van der Waals surface area contributed by atoms with Gasteiger partial charge in [0, 0.05) is 12.6 Å². The minimum atomic E-state index is -0.591. The molecule has 6 heteroatoms. The highest BCUT2D eigenvalue weighted by molar-refractivity contribution is 5.86.